The van der Waals surface area contributed by atoms with E-state index in [1.165, 1.54) is 0 Å². The Bertz CT molecular complexity index is 520. The van der Waals surface area contributed by atoms with Crippen molar-refractivity contribution in [3.05, 3.63) is 36.0 Å². The molecule has 2 N–H and O–H groups in total. The summed E-state index contributed by atoms with van der Waals surface area (Å²) in [5, 5.41) is 4.00. The maximum atomic E-state index is 11.9. The molecule has 3 nitrogen and oxygen atoms in total. The van der Waals surface area contributed by atoms with Gasteiger partial charge in [-0.25, -0.2) is 0 Å². The average molecular weight is 216 g/mol. The standard InChI is InChI=1S/C13H16N2O/c1-13(2,3)15-12(16)10-4-5-11-9(8-10)6-7-14-11/h4-8,14H,1-3H3,(H,15,16). The number of nitrogens with one attached hydrogen (secondary N) is 2. The number of fused-ring (bicyclic) bond motifs is 1. The molecule has 3 heteroatoms. The smallest absolute Gasteiger partial charge is 0.251 e. The Kier molecular flexibility index (Phi) is 2.46. The van der Waals surface area contributed by atoms with Gasteiger partial charge in [0.25, 0.3) is 5.91 Å². The maximum Gasteiger partial charge on any atom is 0.251 e. The van der Waals surface area contributed by atoms with Crippen LogP contribution in [0.25, 0.3) is 10.9 Å². The monoisotopic (exact) mass is 216 g/mol. The Balaban J connectivity index is 2.29. The quantitative estimate of drug-likeness (QED) is 0.756. The van der Waals surface area contributed by atoms with Gasteiger partial charge in [-0.2, -0.15) is 0 Å². The van der Waals surface area contributed by atoms with Crippen molar-refractivity contribution in [1.82, 2.24) is 10.3 Å². The fourth-order valence-electron chi connectivity index (χ4n) is 1.61. The first-order chi connectivity index (χ1) is 7.46. The SMILES string of the molecule is CC(C)(C)NC(=O)c1ccc2[nH]ccc2c1. The molecule has 84 valence electrons. The predicted octanol–water partition coefficient (Wildman–Crippen LogP) is 2.70. The first-order valence-corrected chi connectivity index (χ1v) is 5.35. The summed E-state index contributed by atoms with van der Waals surface area (Å²) in [6.45, 7) is 5.92. The number of hydrogen-bond acceptors (Lipinski definition) is 1. The molecule has 0 aliphatic heterocycles. The number of benzene rings is 1. The largest absolute Gasteiger partial charge is 0.361 e. The number of aromatic nitrogens is 1. The van der Waals surface area contributed by atoms with Crippen LogP contribution in [0, 0.1) is 0 Å². The van der Waals surface area contributed by atoms with Gasteiger partial charge in [0.2, 0.25) is 0 Å². The zero-order valence-corrected chi connectivity index (χ0v) is 9.79. The van der Waals surface area contributed by atoms with Gasteiger partial charge in [-0.3, -0.25) is 4.79 Å². The highest BCUT2D eigenvalue weighted by Gasteiger charge is 2.15. The Hall–Kier alpha value is -1.77. The van der Waals surface area contributed by atoms with Gasteiger partial charge in [0.15, 0.2) is 0 Å². The minimum atomic E-state index is -0.204. The molecule has 2 aromatic rings. The van der Waals surface area contributed by atoms with Gasteiger partial charge in [-0.05, 0) is 45.0 Å². The summed E-state index contributed by atoms with van der Waals surface area (Å²) in [5.41, 5.74) is 1.54. The minimum absolute atomic E-state index is 0.0319. The van der Waals surface area contributed by atoms with Gasteiger partial charge in [-0.15, -0.1) is 0 Å². The topological polar surface area (TPSA) is 44.9 Å². The first kappa shape index (κ1) is 10.7. The molecule has 0 bridgehead atoms. The molecule has 0 fully saturated rings. The van der Waals surface area contributed by atoms with E-state index in [0.717, 1.165) is 10.9 Å². The molecule has 0 saturated carbocycles. The van der Waals surface area contributed by atoms with Crippen LogP contribution in [0.3, 0.4) is 0 Å². The van der Waals surface area contributed by atoms with Crippen molar-refractivity contribution in [3.63, 3.8) is 0 Å². The van der Waals surface area contributed by atoms with Gasteiger partial charge in [-0.1, -0.05) is 0 Å². The number of carbonyl (C=O) groups excluding carboxylic acids is 1. The normalized spacial score (nSPS) is 11.7. The Morgan fingerprint density at radius 2 is 2.00 bits per heavy atom. The summed E-state index contributed by atoms with van der Waals surface area (Å²) in [5.74, 6) is -0.0319. The second kappa shape index (κ2) is 3.67. The molecule has 1 aromatic heterocycles. The zero-order chi connectivity index (χ0) is 11.8. The first-order valence-electron chi connectivity index (χ1n) is 5.35. The molecule has 16 heavy (non-hydrogen) atoms. The van der Waals surface area contributed by atoms with Crippen LogP contribution >= 0.6 is 0 Å². The fraction of sp³-hybridized carbons (Fsp3) is 0.308. The highest BCUT2D eigenvalue weighted by molar-refractivity contribution is 5.98. The Morgan fingerprint density at radius 1 is 1.25 bits per heavy atom. The van der Waals surface area contributed by atoms with Crippen LogP contribution in [0.15, 0.2) is 30.5 Å². The molecule has 0 spiro atoms. The van der Waals surface area contributed by atoms with E-state index in [4.69, 9.17) is 0 Å². The molecule has 2 rings (SSSR count). The molecule has 0 unspecified atom stereocenters. The summed E-state index contributed by atoms with van der Waals surface area (Å²) < 4.78 is 0. The summed E-state index contributed by atoms with van der Waals surface area (Å²) in [6.07, 6.45) is 1.87. The average Bonchev–Trinajstić information content (AvgIpc) is 2.61. The van der Waals surface area contributed by atoms with Crippen LogP contribution in [0.5, 0.6) is 0 Å². The van der Waals surface area contributed by atoms with E-state index in [2.05, 4.69) is 10.3 Å². The molecule has 0 atom stereocenters. The maximum absolute atomic E-state index is 11.9. The number of H-pyrrole nitrogens is 1. The Labute approximate surface area is 94.9 Å². The number of carbonyl (C=O) groups is 1. The van der Waals surface area contributed by atoms with Crippen LogP contribution in [0.4, 0.5) is 0 Å². The molecule has 0 radical (unpaired) electrons. The minimum Gasteiger partial charge on any atom is -0.361 e. The molecule has 0 aliphatic carbocycles. The van der Waals surface area contributed by atoms with E-state index >= 15 is 0 Å². The lowest BCUT2D eigenvalue weighted by molar-refractivity contribution is 0.0919. The van der Waals surface area contributed by atoms with Crippen molar-refractivity contribution < 1.29 is 4.79 Å². The molecule has 1 heterocycles. The lowest BCUT2D eigenvalue weighted by Gasteiger charge is -2.20. The van der Waals surface area contributed by atoms with Gasteiger partial charge in [0.05, 0.1) is 0 Å². The zero-order valence-electron chi connectivity index (χ0n) is 9.79. The molecule has 0 aliphatic rings. The van der Waals surface area contributed by atoms with Gasteiger partial charge in [0.1, 0.15) is 0 Å². The van der Waals surface area contributed by atoms with E-state index in [-0.39, 0.29) is 11.4 Å². The molecule has 1 aromatic carbocycles. The molecular weight excluding hydrogens is 200 g/mol. The molecule has 1 amide bonds. The summed E-state index contributed by atoms with van der Waals surface area (Å²) in [7, 11) is 0. The number of amides is 1. The van der Waals surface area contributed by atoms with Crippen LogP contribution in [-0.4, -0.2) is 16.4 Å². The third-order valence-corrected chi connectivity index (χ3v) is 2.30. The summed E-state index contributed by atoms with van der Waals surface area (Å²) in [6, 6.07) is 7.61. The van der Waals surface area contributed by atoms with Crippen LogP contribution in [0.1, 0.15) is 31.1 Å². The molecule has 0 saturated heterocycles. The highest BCUT2D eigenvalue weighted by Crippen LogP contribution is 2.14. The summed E-state index contributed by atoms with van der Waals surface area (Å²) >= 11 is 0. The third-order valence-electron chi connectivity index (χ3n) is 2.30. The van der Waals surface area contributed by atoms with Crippen molar-refractivity contribution in [3.8, 4) is 0 Å². The lowest BCUT2D eigenvalue weighted by Crippen LogP contribution is -2.40. The second-order valence-corrected chi connectivity index (χ2v) is 4.98. The summed E-state index contributed by atoms with van der Waals surface area (Å²) in [4.78, 5) is 15.0. The second-order valence-electron chi connectivity index (χ2n) is 4.98. The van der Waals surface area contributed by atoms with E-state index < -0.39 is 0 Å². The third kappa shape index (κ3) is 2.24. The predicted molar refractivity (Wildman–Crippen MR) is 65.5 cm³/mol. The van der Waals surface area contributed by atoms with Gasteiger partial charge < -0.3 is 10.3 Å². The number of rotatable bonds is 1. The molecular formula is C13H16N2O. The van der Waals surface area contributed by atoms with Crippen molar-refractivity contribution >= 4 is 16.8 Å². The van der Waals surface area contributed by atoms with E-state index in [1.54, 1.807) is 0 Å². The van der Waals surface area contributed by atoms with Crippen molar-refractivity contribution in [2.24, 2.45) is 0 Å². The number of hydrogen-bond donors (Lipinski definition) is 2. The van der Waals surface area contributed by atoms with Crippen molar-refractivity contribution in [2.45, 2.75) is 26.3 Å². The van der Waals surface area contributed by atoms with Crippen LogP contribution in [0.2, 0.25) is 0 Å². The van der Waals surface area contributed by atoms with E-state index in [9.17, 15) is 4.79 Å². The van der Waals surface area contributed by atoms with Crippen molar-refractivity contribution in [1.29, 1.82) is 0 Å². The fourth-order valence-corrected chi connectivity index (χ4v) is 1.61. The lowest BCUT2D eigenvalue weighted by atomic mass is 10.1. The van der Waals surface area contributed by atoms with Crippen LogP contribution < -0.4 is 5.32 Å². The van der Waals surface area contributed by atoms with Crippen molar-refractivity contribution in [2.75, 3.05) is 0 Å². The Morgan fingerprint density at radius 3 is 2.69 bits per heavy atom. The van der Waals surface area contributed by atoms with E-state index in [0.29, 0.717) is 5.56 Å². The van der Waals surface area contributed by atoms with Crippen LogP contribution in [-0.2, 0) is 0 Å². The highest BCUT2D eigenvalue weighted by atomic mass is 16.1. The number of aromatic amines is 1. The van der Waals surface area contributed by atoms with E-state index in [1.807, 2.05) is 51.2 Å². The van der Waals surface area contributed by atoms with Gasteiger partial charge in [0, 0.05) is 28.2 Å². The van der Waals surface area contributed by atoms with Gasteiger partial charge >= 0.3 is 0 Å².